The van der Waals surface area contributed by atoms with Crippen LogP contribution in [0.2, 0.25) is 0 Å². The summed E-state index contributed by atoms with van der Waals surface area (Å²) >= 11 is 0. The maximum Gasteiger partial charge on any atom is 0.410 e. The Balaban J connectivity index is 2.63. The number of ether oxygens (including phenoxy) is 2. The number of esters is 1. The minimum atomic E-state index is -0.519. The van der Waals surface area contributed by atoms with Crippen LogP contribution in [0.5, 0.6) is 0 Å². The Morgan fingerprint density at radius 2 is 2.00 bits per heavy atom. The Kier molecular flexibility index (Phi) is 6.45. The molecular formula is C15H28N2O4. The van der Waals surface area contributed by atoms with Gasteiger partial charge in [-0.1, -0.05) is 0 Å². The van der Waals surface area contributed by atoms with Crippen LogP contribution >= 0.6 is 0 Å². The van der Waals surface area contributed by atoms with E-state index >= 15 is 0 Å². The summed E-state index contributed by atoms with van der Waals surface area (Å²) in [6, 6.07) is -0.310. The minimum Gasteiger partial charge on any atom is -0.469 e. The first-order valence-electron chi connectivity index (χ1n) is 7.56. The molecule has 0 radical (unpaired) electrons. The highest BCUT2D eigenvalue weighted by Gasteiger charge is 2.33. The SMILES string of the molecule is COC(=O)CCC(N)C1CCCCN1C(=O)OC(C)(C)C. The lowest BCUT2D eigenvalue weighted by atomic mass is 9.93. The summed E-state index contributed by atoms with van der Waals surface area (Å²) in [5, 5.41) is 0. The summed E-state index contributed by atoms with van der Waals surface area (Å²) in [5.41, 5.74) is 5.67. The molecule has 0 aromatic heterocycles. The fourth-order valence-electron chi connectivity index (χ4n) is 2.53. The molecule has 2 N–H and O–H groups in total. The summed E-state index contributed by atoms with van der Waals surface area (Å²) in [5.74, 6) is -0.273. The molecule has 0 saturated carbocycles. The van der Waals surface area contributed by atoms with Crippen molar-refractivity contribution in [3.63, 3.8) is 0 Å². The number of nitrogens with two attached hydrogens (primary N) is 1. The Labute approximate surface area is 126 Å². The number of carbonyl (C=O) groups excluding carboxylic acids is 2. The van der Waals surface area contributed by atoms with Crippen molar-refractivity contribution < 1.29 is 19.1 Å². The quantitative estimate of drug-likeness (QED) is 0.804. The number of rotatable bonds is 4. The average Bonchev–Trinajstić information content (AvgIpc) is 2.42. The molecule has 1 aliphatic heterocycles. The first-order valence-corrected chi connectivity index (χ1v) is 7.56. The lowest BCUT2D eigenvalue weighted by molar-refractivity contribution is -0.140. The third-order valence-electron chi connectivity index (χ3n) is 3.58. The highest BCUT2D eigenvalue weighted by atomic mass is 16.6. The predicted octanol–water partition coefficient (Wildman–Crippen LogP) is 2.06. The molecule has 2 unspecified atom stereocenters. The van der Waals surface area contributed by atoms with Crippen molar-refractivity contribution in [1.29, 1.82) is 0 Å². The Morgan fingerprint density at radius 1 is 1.33 bits per heavy atom. The van der Waals surface area contributed by atoms with Gasteiger partial charge in [-0.25, -0.2) is 4.79 Å². The number of hydrogen-bond acceptors (Lipinski definition) is 5. The Morgan fingerprint density at radius 3 is 2.57 bits per heavy atom. The normalized spacial score (nSPS) is 20.8. The van der Waals surface area contributed by atoms with Crippen molar-refractivity contribution in [3.8, 4) is 0 Å². The monoisotopic (exact) mass is 300 g/mol. The van der Waals surface area contributed by atoms with E-state index in [2.05, 4.69) is 4.74 Å². The van der Waals surface area contributed by atoms with Gasteiger partial charge in [-0.05, 0) is 46.5 Å². The minimum absolute atomic E-state index is 0.0711. The molecule has 1 amide bonds. The molecule has 0 aliphatic carbocycles. The molecule has 0 aromatic carbocycles. The van der Waals surface area contributed by atoms with Crippen LogP contribution in [0.25, 0.3) is 0 Å². The molecule has 0 spiro atoms. The average molecular weight is 300 g/mol. The van der Waals surface area contributed by atoms with Gasteiger partial charge >= 0.3 is 12.1 Å². The van der Waals surface area contributed by atoms with Gasteiger partial charge in [0.05, 0.1) is 13.2 Å². The van der Waals surface area contributed by atoms with Crippen LogP contribution in [0.3, 0.4) is 0 Å². The van der Waals surface area contributed by atoms with Crippen molar-refractivity contribution in [3.05, 3.63) is 0 Å². The molecule has 1 heterocycles. The molecule has 1 aliphatic rings. The topological polar surface area (TPSA) is 81.9 Å². The van der Waals surface area contributed by atoms with E-state index in [4.69, 9.17) is 10.5 Å². The largest absolute Gasteiger partial charge is 0.469 e. The summed E-state index contributed by atoms with van der Waals surface area (Å²) in [6.45, 7) is 6.20. The Bertz CT molecular complexity index is 365. The highest BCUT2D eigenvalue weighted by molar-refractivity contribution is 5.69. The number of likely N-dealkylation sites (tertiary alicyclic amines) is 1. The fraction of sp³-hybridized carbons (Fsp3) is 0.867. The lowest BCUT2D eigenvalue weighted by Gasteiger charge is -2.39. The van der Waals surface area contributed by atoms with E-state index in [1.54, 1.807) is 4.90 Å². The van der Waals surface area contributed by atoms with Gasteiger partial charge in [0.15, 0.2) is 0 Å². The number of amides is 1. The van der Waals surface area contributed by atoms with Crippen LogP contribution in [0, 0.1) is 0 Å². The van der Waals surface area contributed by atoms with Crippen molar-refractivity contribution in [2.24, 2.45) is 5.73 Å². The number of carbonyl (C=O) groups is 2. The van der Waals surface area contributed by atoms with Gasteiger partial charge in [0.2, 0.25) is 0 Å². The molecule has 1 rings (SSSR count). The number of hydrogen-bond donors (Lipinski definition) is 1. The highest BCUT2D eigenvalue weighted by Crippen LogP contribution is 2.23. The lowest BCUT2D eigenvalue weighted by Crippen LogP contribution is -2.54. The van der Waals surface area contributed by atoms with E-state index in [1.165, 1.54) is 7.11 Å². The zero-order chi connectivity index (χ0) is 16.0. The number of methoxy groups -OCH3 is 1. The van der Waals surface area contributed by atoms with Crippen LogP contribution in [0.15, 0.2) is 0 Å². The first-order chi connectivity index (χ1) is 9.74. The van der Waals surface area contributed by atoms with E-state index in [-0.39, 0.29) is 30.6 Å². The fourth-order valence-corrected chi connectivity index (χ4v) is 2.53. The molecule has 21 heavy (non-hydrogen) atoms. The standard InChI is InChI=1S/C15H28N2O4/c1-15(2,3)21-14(19)17-10-6-5-7-12(17)11(16)8-9-13(18)20-4/h11-12H,5-10,16H2,1-4H3. The van der Waals surface area contributed by atoms with Gasteiger partial charge in [-0.3, -0.25) is 4.79 Å². The molecule has 0 bridgehead atoms. The number of piperidine rings is 1. The van der Waals surface area contributed by atoms with Crippen LogP contribution in [0.4, 0.5) is 4.79 Å². The summed E-state index contributed by atoms with van der Waals surface area (Å²) in [4.78, 5) is 25.2. The van der Waals surface area contributed by atoms with Crippen LogP contribution in [0.1, 0.15) is 52.9 Å². The maximum atomic E-state index is 12.3. The second kappa shape index (κ2) is 7.64. The molecule has 0 aromatic rings. The second-order valence-corrected chi connectivity index (χ2v) is 6.52. The maximum absolute atomic E-state index is 12.3. The Hall–Kier alpha value is -1.30. The molecule has 122 valence electrons. The van der Waals surface area contributed by atoms with E-state index in [0.717, 1.165) is 19.3 Å². The van der Waals surface area contributed by atoms with Crippen molar-refractivity contribution in [2.75, 3.05) is 13.7 Å². The van der Waals surface area contributed by atoms with E-state index in [0.29, 0.717) is 13.0 Å². The smallest absolute Gasteiger partial charge is 0.410 e. The first kappa shape index (κ1) is 17.8. The van der Waals surface area contributed by atoms with Gasteiger partial charge < -0.3 is 20.1 Å². The van der Waals surface area contributed by atoms with Gasteiger partial charge in [0, 0.05) is 19.0 Å². The summed E-state index contributed by atoms with van der Waals surface area (Å²) in [6.07, 6.45) is 3.31. The zero-order valence-electron chi connectivity index (χ0n) is 13.6. The summed E-state index contributed by atoms with van der Waals surface area (Å²) < 4.78 is 10.1. The van der Waals surface area contributed by atoms with Crippen LogP contribution < -0.4 is 5.73 Å². The van der Waals surface area contributed by atoms with Gasteiger partial charge in [0.1, 0.15) is 5.60 Å². The van der Waals surface area contributed by atoms with E-state index < -0.39 is 5.60 Å². The van der Waals surface area contributed by atoms with Crippen molar-refractivity contribution in [1.82, 2.24) is 4.90 Å². The molecule has 1 saturated heterocycles. The molecule has 6 nitrogen and oxygen atoms in total. The van der Waals surface area contributed by atoms with E-state index in [9.17, 15) is 9.59 Å². The van der Waals surface area contributed by atoms with E-state index in [1.807, 2.05) is 20.8 Å². The third-order valence-corrected chi connectivity index (χ3v) is 3.58. The van der Waals surface area contributed by atoms with Gasteiger partial charge in [-0.15, -0.1) is 0 Å². The zero-order valence-corrected chi connectivity index (χ0v) is 13.6. The molecule has 2 atom stereocenters. The third kappa shape index (κ3) is 5.91. The summed E-state index contributed by atoms with van der Waals surface area (Å²) in [7, 11) is 1.36. The van der Waals surface area contributed by atoms with Crippen LogP contribution in [-0.4, -0.2) is 48.3 Å². The number of nitrogens with zero attached hydrogens (tertiary/aromatic N) is 1. The molecule has 6 heteroatoms. The van der Waals surface area contributed by atoms with Gasteiger partial charge in [-0.2, -0.15) is 0 Å². The predicted molar refractivity (Wildman–Crippen MR) is 79.8 cm³/mol. The second-order valence-electron chi connectivity index (χ2n) is 6.52. The molecular weight excluding hydrogens is 272 g/mol. The van der Waals surface area contributed by atoms with Crippen molar-refractivity contribution >= 4 is 12.1 Å². The van der Waals surface area contributed by atoms with Crippen LogP contribution in [-0.2, 0) is 14.3 Å². The van der Waals surface area contributed by atoms with Crippen molar-refractivity contribution in [2.45, 2.75) is 70.6 Å². The van der Waals surface area contributed by atoms with Gasteiger partial charge in [0.25, 0.3) is 0 Å². The molecule has 1 fully saturated rings.